The minimum absolute atomic E-state index is 0.0798. The molecule has 4 nitrogen and oxygen atoms in total. The van der Waals surface area contributed by atoms with Crippen molar-refractivity contribution in [2.75, 3.05) is 12.3 Å². The molecule has 1 aromatic rings. The Hall–Kier alpha value is -0.850. The molecule has 0 radical (unpaired) electrons. The zero-order chi connectivity index (χ0) is 14.8. The third-order valence-electron chi connectivity index (χ3n) is 3.06. The van der Waals surface area contributed by atoms with Crippen molar-refractivity contribution >= 4 is 27.3 Å². The Morgan fingerprint density at radius 2 is 1.95 bits per heavy atom. The highest BCUT2D eigenvalue weighted by Crippen LogP contribution is 2.25. The molecule has 0 saturated carbocycles. The molecule has 108 valence electrons. The van der Waals surface area contributed by atoms with Gasteiger partial charge < -0.3 is 5.73 Å². The van der Waals surface area contributed by atoms with Crippen molar-refractivity contribution in [1.29, 1.82) is 0 Å². The third-order valence-corrected chi connectivity index (χ3v) is 4.70. The van der Waals surface area contributed by atoms with Crippen molar-refractivity contribution < 1.29 is 12.8 Å². The number of sulfonamides is 1. The number of rotatable bonds is 5. The van der Waals surface area contributed by atoms with Gasteiger partial charge in [-0.15, -0.1) is 0 Å². The molecule has 0 aromatic heterocycles. The predicted octanol–water partition coefficient (Wildman–Crippen LogP) is 2.63. The molecule has 0 aliphatic carbocycles. The average Bonchev–Trinajstić information content (AvgIpc) is 2.30. The molecule has 0 heterocycles. The molecule has 1 atom stereocenters. The van der Waals surface area contributed by atoms with Crippen molar-refractivity contribution in [3.63, 3.8) is 0 Å². The molecule has 0 spiro atoms. The lowest BCUT2D eigenvalue weighted by atomic mass is 9.99. The fourth-order valence-corrected chi connectivity index (χ4v) is 2.90. The summed E-state index contributed by atoms with van der Waals surface area (Å²) < 4.78 is 40.2. The summed E-state index contributed by atoms with van der Waals surface area (Å²) in [6, 6.07) is 2.22. The van der Waals surface area contributed by atoms with Gasteiger partial charge in [0.25, 0.3) is 0 Å². The summed E-state index contributed by atoms with van der Waals surface area (Å²) in [5.41, 5.74) is 5.08. The van der Waals surface area contributed by atoms with E-state index in [9.17, 15) is 12.8 Å². The Kier molecular flexibility index (Phi) is 5.18. The summed E-state index contributed by atoms with van der Waals surface area (Å²) >= 11 is 5.70. The number of nitrogen functional groups attached to an aromatic ring is 1. The standard InChI is InChI=1S/C12H18ClFN2O2S/c1-7(2)8(3)6-16-19(17,18)11-5-9(13)4-10(15)12(11)14/h4-5,7-8,16H,6,15H2,1-3H3. The van der Waals surface area contributed by atoms with Gasteiger partial charge in [-0.1, -0.05) is 32.4 Å². The monoisotopic (exact) mass is 308 g/mol. The topological polar surface area (TPSA) is 72.2 Å². The molecule has 0 saturated heterocycles. The summed E-state index contributed by atoms with van der Waals surface area (Å²) in [5.74, 6) is -0.527. The largest absolute Gasteiger partial charge is 0.396 e. The van der Waals surface area contributed by atoms with Crippen LogP contribution in [0.3, 0.4) is 0 Å². The normalized spacial score (nSPS) is 13.8. The number of hydrogen-bond donors (Lipinski definition) is 2. The molecule has 1 aromatic carbocycles. The van der Waals surface area contributed by atoms with Crippen molar-refractivity contribution in [2.45, 2.75) is 25.7 Å². The first-order chi connectivity index (χ1) is 8.65. The third kappa shape index (κ3) is 4.06. The number of nitrogens with two attached hydrogens (primary N) is 1. The van der Waals surface area contributed by atoms with E-state index < -0.39 is 20.7 Å². The van der Waals surface area contributed by atoms with E-state index in [4.69, 9.17) is 17.3 Å². The number of hydrogen-bond acceptors (Lipinski definition) is 3. The molecule has 1 unspecified atom stereocenters. The maximum absolute atomic E-state index is 13.8. The van der Waals surface area contributed by atoms with Gasteiger partial charge in [-0.3, -0.25) is 0 Å². The van der Waals surface area contributed by atoms with E-state index in [0.29, 0.717) is 5.92 Å². The van der Waals surface area contributed by atoms with Crippen LogP contribution in [0.25, 0.3) is 0 Å². The highest BCUT2D eigenvalue weighted by molar-refractivity contribution is 7.89. The lowest BCUT2D eigenvalue weighted by Crippen LogP contribution is -2.31. The lowest BCUT2D eigenvalue weighted by Gasteiger charge is -2.16. The second kappa shape index (κ2) is 6.07. The van der Waals surface area contributed by atoms with E-state index in [1.165, 1.54) is 6.07 Å². The van der Waals surface area contributed by atoms with Crippen LogP contribution in [-0.4, -0.2) is 15.0 Å². The second-order valence-corrected chi connectivity index (χ2v) is 7.05. The fraction of sp³-hybridized carbons (Fsp3) is 0.500. The van der Waals surface area contributed by atoms with E-state index in [0.717, 1.165) is 6.07 Å². The number of halogens is 2. The molecule has 7 heteroatoms. The Balaban J connectivity index is 3.01. The van der Waals surface area contributed by atoms with Gasteiger partial charge in [0.1, 0.15) is 4.90 Å². The maximum atomic E-state index is 13.8. The van der Waals surface area contributed by atoms with Crippen LogP contribution in [0.4, 0.5) is 10.1 Å². The molecular formula is C12H18ClFN2O2S. The van der Waals surface area contributed by atoms with Crippen molar-refractivity contribution in [2.24, 2.45) is 11.8 Å². The Bertz CT molecular complexity index is 561. The van der Waals surface area contributed by atoms with Gasteiger partial charge in [0.2, 0.25) is 10.0 Å². The van der Waals surface area contributed by atoms with Crippen LogP contribution in [0.1, 0.15) is 20.8 Å². The maximum Gasteiger partial charge on any atom is 0.243 e. The summed E-state index contributed by atoms with van der Waals surface area (Å²) in [7, 11) is -3.95. The fourth-order valence-electron chi connectivity index (χ4n) is 1.33. The van der Waals surface area contributed by atoms with E-state index in [1.807, 2.05) is 20.8 Å². The van der Waals surface area contributed by atoms with Gasteiger partial charge in [-0.2, -0.15) is 0 Å². The zero-order valence-corrected chi connectivity index (χ0v) is 12.6. The van der Waals surface area contributed by atoms with E-state index in [2.05, 4.69) is 4.72 Å². The van der Waals surface area contributed by atoms with Crippen LogP contribution in [-0.2, 0) is 10.0 Å². The molecule has 0 aliphatic heterocycles. The number of nitrogens with one attached hydrogen (secondary N) is 1. The van der Waals surface area contributed by atoms with Gasteiger partial charge >= 0.3 is 0 Å². The first-order valence-corrected chi connectivity index (χ1v) is 7.75. The summed E-state index contributed by atoms with van der Waals surface area (Å²) in [6.07, 6.45) is 0. The van der Waals surface area contributed by atoms with Crippen LogP contribution < -0.4 is 10.5 Å². The highest BCUT2D eigenvalue weighted by Gasteiger charge is 2.22. The average molecular weight is 309 g/mol. The zero-order valence-electron chi connectivity index (χ0n) is 11.1. The van der Waals surface area contributed by atoms with Gasteiger partial charge in [-0.05, 0) is 24.0 Å². The number of benzene rings is 1. The minimum Gasteiger partial charge on any atom is -0.396 e. The van der Waals surface area contributed by atoms with Crippen LogP contribution in [0.15, 0.2) is 17.0 Å². The summed E-state index contributed by atoms with van der Waals surface area (Å²) in [5, 5.41) is 0.0798. The second-order valence-electron chi connectivity index (χ2n) is 4.88. The first-order valence-electron chi connectivity index (χ1n) is 5.89. The minimum atomic E-state index is -3.95. The first kappa shape index (κ1) is 16.2. The van der Waals surface area contributed by atoms with Gasteiger partial charge in [-0.25, -0.2) is 17.5 Å². The van der Waals surface area contributed by atoms with Gasteiger partial charge in [0.15, 0.2) is 5.82 Å². The smallest absolute Gasteiger partial charge is 0.243 e. The molecular weight excluding hydrogens is 291 g/mol. The SMILES string of the molecule is CC(C)C(C)CNS(=O)(=O)c1cc(Cl)cc(N)c1F. The van der Waals surface area contributed by atoms with Crippen LogP contribution >= 0.6 is 11.6 Å². The van der Waals surface area contributed by atoms with E-state index in [1.54, 1.807) is 0 Å². The molecule has 0 fully saturated rings. The molecule has 0 bridgehead atoms. The van der Waals surface area contributed by atoms with Crippen molar-refractivity contribution in [3.05, 3.63) is 23.0 Å². The molecule has 19 heavy (non-hydrogen) atoms. The molecule has 1 rings (SSSR count). The van der Waals surface area contributed by atoms with E-state index >= 15 is 0 Å². The van der Waals surface area contributed by atoms with E-state index in [-0.39, 0.29) is 23.2 Å². The van der Waals surface area contributed by atoms with Crippen molar-refractivity contribution in [1.82, 2.24) is 4.72 Å². The van der Waals surface area contributed by atoms with Crippen LogP contribution in [0.5, 0.6) is 0 Å². The predicted molar refractivity (Wildman–Crippen MR) is 75.0 cm³/mol. The van der Waals surface area contributed by atoms with Gasteiger partial charge in [0.05, 0.1) is 5.69 Å². The summed E-state index contributed by atoms with van der Waals surface area (Å²) in [4.78, 5) is -0.520. The summed E-state index contributed by atoms with van der Waals surface area (Å²) in [6.45, 7) is 6.11. The molecule has 0 aliphatic rings. The Morgan fingerprint density at radius 1 is 1.37 bits per heavy atom. The highest BCUT2D eigenvalue weighted by atomic mass is 35.5. The quantitative estimate of drug-likeness (QED) is 0.821. The van der Waals surface area contributed by atoms with Crippen molar-refractivity contribution in [3.8, 4) is 0 Å². The Morgan fingerprint density at radius 3 is 2.47 bits per heavy atom. The Labute approximate surface area is 118 Å². The number of anilines is 1. The van der Waals surface area contributed by atoms with Gasteiger partial charge in [0, 0.05) is 11.6 Å². The lowest BCUT2D eigenvalue weighted by molar-refractivity contribution is 0.414. The van der Waals surface area contributed by atoms with Crippen LogP contribution in [0, 0.1) is 17.7 Å². The van der Waals surface area contributed by atoms with Crippen LogP contribution in [0.2, 0.25) is 5.02 Å². The molecule has 0 amide bonds. The molecule has 3 N–H and O–H groups in total.